The lowest BCUT2D eigenvalue weighted by molar-refractivity contribution is -0.120. The molecule has 0 radical (unpaired) electrons. The molecule has 0 saturated heterocycles. The van der Waals surface area contributed by atoms with Gasteiger partial charge in [-0.05, 0) is 12.5 Å². The fraction of sp³-hybridized carbons (Fsp3) is 0.364. The average Bonchev–Trinajstić information content (AvgIpc) is 2.25. The molecule has 0 aromatic heterocycles. The lowest BCUT2D eigenvalue weighted by atomic mass is 10.1. The van der Waals surface area contributed by atoms with Crippen molar-refractivity contribution >= 4 is 17.5 Å². The van der Waals surface area contributed by atoms with Crippen LogP contribution in [0.5, 0.6) is 0 Å². The maximum atomic E-state index is 13.3. The van der Waals surface area contributed by atoms with E-state index < -0.39 is 22.9 Å². The number of hydrogen-bond acceptors (Lipinski definition) is 1. The van der Waals surface area contributed by atoms with Gasteiger partial charge in [0.1, 0.15) is 17.0 Å². The van der Waals surface area contributed by atoms with Gasteiger partial charge in [-0.2, -0.15) is 0 Å². The number of benzene rings is 1. The number of amides is 1. The first-order valence-electron chi connectivity index (χ1n) is 4.93. The summed E-state index contributed by atoms with van der Waals surface area (Å²) in [6.45, 7) is 2.37. The smallest absolute Gasteiger partial charge is 0.242 e. The molecule has 0 aliphatic carbocycles. The van der Waals surface area contributed by atoms with Crippen molar-refractivity contribution in [3.8, 4) is 0 Å². The van der Waals surface area contributed by atoms with Crippen LogP contribution in [-0.2, 0) is 4.79 Å². The molecular weight excluding hydrogens is 236 g/mol. The van der Waals surface area contributed by atoms with E-state index in [2.05, 4.69) is 5.32 Å². The molecule has 1 rings (SSSR count). The Labute approximate surface area is 97.6 Å². The monoisotopic (exact) mass is 247 g/mol. The molecule has 1 aromatic carbocycles. The summed E-state index contributed by atoms with van der Waals surface area (Å²) in [7, 11) is 0. The van der Waals surface area contributed by atoms with Crippen LogP contribution in [0.1, 0.15) is 24.3 Å². The van der Waals surface area contributed by atoms with E-state index in [1.807, 2.05) is 6.92 Å². The Morgan fingerprint density at radius 1 is 1.50 bits per heavy atom. The first-order chi connectivity index (χ1) is 7.56. The van der Waals surface area contributed by atoms with Crippen LogP contribution in [0.2, 0.25) is 0 Å². The third-order valence-corrected chi connectivity index (χ3v) is 2.45. The van der Waals surface area contributed by atoms with Crippen LogP contribution >= 0.6 is 11.6 Å². The zero-order chi connectivity index (χ0) is 12.1. The fourth-order valence-corrected chi connectivity index (χ4v) is 1.44. The van der Waals surface area contributed by atoms with Gasteiger partial charge in [-0.1, -0.05) is 13.0 Å². The highest BCUT2D eigenvalue weighted by Gasteiger charge is 2.20. The zero-order valence-corrected chi connectivity index (χ0v) is 9.52. The first kappa shape index (κ1) is 12.9. The number of hydrogen-bond donors (Lipinski definition) is 1. The molecule has 0 aliphatic heterocycles. The molecule has 1 aromatic rings. The second kappa shape index (κ2) is 5.80. The maximum absolute atomic E-state index is 13.3. The highest BCUT2D eigenvalue weighted by atomic mass is 35.5. The molecule has 0 fully saturated rings. The Morgan fingerprint density at radius 2 is 2.19 bits per heavy atom. The van der Waals surface area contributed by atoms with E-state index in [9.17, 15) is 13.6 Å². The highest BCUT2D eigenvalue weighted by molar-refractivity contribution is 6.30. The highest BCUT2D eigenvalue weighted by Crippen LogP contribution is 2.23. The quantitative estimate of drug-likeness (QED) is 0.815. The lowest BCUT2D eigenvalue weighted by Gasteiger charge is -2.11. The zero-order valence-electron chi connectivity index (χ0n) is 8.77. The largest absolute Gasteiger partial charge is 0.355 e. The molecule has 0 bridgehead atoms. The number of alkyl halides is 1. The first-order valence-corrected chi connectivity index (χ1v) is 5.36. The van der Waals surface area contributed by atoms with Gasteiger partial charge in [0.25, 0.3) is 0 Å². The molecule has 2 nitrogen and oxygen atoms in total. The second-order valence-corrected chi connectivity index (χ2v) is 3.76. The van der Waals surface area contributed by atoms with E-state index >= 15 is 0 Å². The van der Waals surface area contributed by atoms with Gasteiger partial charge < -0.3 is 5.32 Å². The summed E-state index contributed by atoms with van der Waals surface area (Å²) < 4.78 is 25.9. The van der Waals surface area contributed by atoms with Crippen LogP contribution in [-0.4, -0.2) is 12.5 Å². The molecule has 1 N–H and O–H groups in total. The predicted octanol–water partition coefficient (Wildman–Crippen LogP) is 2.77. The SMILES string of the molecule is CCCNC(=O)C(Cl)c1ccc(F)cc1F. The summed E-state index contributed by atoms with van der Waals surface area (Å²) in [5.74, 6) is -1.99. The molecule has 88 valence electrons. The van der Waals surface area contributed by atoms with Gasteiger partial charge in [-0.25, -0.2) is 8.78 Å². The van der Waals surface area contributed by atoms with Gasteiger partial charge in [0.15, 0.2) is 0 Å². The van der Waals surface area contributed by atoms with Crippen LogP contribution in [0.25, 0.3) is 0 Å². The van der Waals surface area contributed by atoms with Gasteiger partial charge in [0.05, 0.1) is 0 Å². The van der Waals surface area contributed by atoms with Crippen molar-refractivity contribution in [3.63, 3.8) is 0 Å². The van der Waals surface area contributed by atoms with Crippen molar-refractivity contribution < 1.29 is 13.6 Å². The summed E-state index contributed by atoms with van der Waals surface area (Å²) in [6.07, 6.45) is 0.765. The van der Waals surface area contributed by atoms with Crippen molar-refractivity contribution in [3.05, 3.63) is 35.4 Å². The van der Waals surface area contributed by atoms with Crippen molar-refractivity contribution in [2.45, 2.75) is 18.7 Å². The molecule has 0 saturated carbocycles. The van der Waals surface area contributed by atoms with Crippen LogP contribution in [0, 0.1) is 11.6 Å². The standard InChI is InChI=1S/C11H12ClF2NO/c1-2-5-15-11(16)10(12)8-4-3-7(13)6-9(8)14/h3-4,6,10H,2,5H2,1H3,(H,15,16). The molecule has 0 heterocycles. The summed E-state index contributed by atoms with van der Waals surface area (Å²) >= 11 is 5.78. The number of rotatable bonds is 4. The Bertz CT molecular complexity index is 384. The maximum Gasteiger partial charge on any atom is 0.242 e. The van der Waals surface area contributed by atoms with Gasteiger partial charge in [-0.3, -0.25) is 4.79 Å². The molecule has 1 amide bonds. The average molecular weight is 248 g/mol. The fourth-order valence-electron chi connectivity index (χ4n) is 1.19. The second-order valence-electron chi connectivity index (χ2n) is 3.32. The Balaban J connectivity index is 2.79. The normalized spacial score (nSPS) is 12.2. The van der Waals surface area contributed by atoms with Crippen molar-refractivity contribution in [2.24, 2.45) is 0 Å². The third kappa shape index (κ3) is 3.17. The summed E-state index contributed by atoms with van der Waals surface area (Å²) in [5, 5.41) is 1.41. The van der Waals surface area contributed by atoms with Crippen molar-refractivity contribution in [1.29, 1.82) is 0 Å². The Kier molecular flexibility index (Phi) is 4.68. The van der Waals surface area contributed by atoms with Crippen LogP contribution in [0.15, 0.2) is 18.2 Å². The number of nitrogens with one attached hydrogen (secondary N) is 1. The minimum atomic E-state index is -1.13. The van der Waals surface area contributed by atoms with Crippen LogP contribution < -0.4 is 5.32 Å². The molecule has 1 atom stereocenters. The van der Waals surface area contributed by atoms with E-state index in [0.717, 1.165) is 12.5 Å². The minimum Gasteiger partial charge on any atom is -0.355 e. The lowest BCUT2D eigenvalue weighted by Crippen LogP contribution is -2.28. The van der Waals surface area contributed by atoms with Gasteiger partial charge in [0, 0.05) is 18.2 Å². The van der Waals surface area contributed by atoms with E-state index in [4.69, 9.17) is 11.6 Å². The van der Waals surface area contributed by atoms with E-state index in [1.165, 1.54) is 6.07 Å². The summed E-state index contributed by atoms with van der Waals surface area (Å²) in [4.78, 5) is 11.4. The molecule has 0 spiro atoms. The summed E-state index contributed by atoms with van der Waals surface area (Å²) in [6, 6.07) is 2.95. The molecule has 16 heavy (non-hydrogen) atoms. The van der Waals surface area contributed by atoms with Gasteiger partial charge in [-0.15, -0.1) is 11.6 Å². The minimum absolute atomic E-state index is 0.0170. The number of carbonyl (C=O) groups is 1. The predicted molar refractivity (Wildman–Crippen MR) is 58.3 cm³/mol. The Morgan fingerprint density at radius 3 is 2.75 bits per heavy atom. The summed E-state index contributed by atoms with van der Waals surface area (Å²) in [5.41, 5.74) is -0.0170. The molecule has 5 heteroatoms. The number of halogens is 3. The van der Waals surface area contributed by atoms with Crippen LogP contribution in [0.4, 0.5) is 8.78 Å². The topological polar surface area (TPSA) is 29.1 Å². The Hall–Kier alpha value is -1.16. The van der Waals surface area contributed by atoms with Gasteiger partial charge in [0.2, 0.25) is 5.91 Å². The van der Waals surface area contributed by atoms with Crippen molar-refractivity contribution in [2.75, 3.05) is 6.54 Å². The van der Waals surface area contributed by atoms with E-state index in [0.29, 0.717) is 12.6 Å². The van der Waals surface area contributed by atoms with Crippen molar-refractivity contribution in [1.82, 2.24) is 5.32 Å². The molecule has 1 unspecified atom stereocenters. The van der Waals surface area contributed by atoms with Gasteiger partial charge >= 0.3 is 0 Å². The third-order valence-electron chi connectivity index (χ3n) is 2.01. The molecule has 0 aliphatic rings. The molecular formula is C11H12ClF2NO. The van der Waals surface area contributed by atoms with Crippen LogP contribution in [0.3, 0.4) is 0 Å². The van der Waals surface area contributed by atoms with E-state index in [1.54, 1.807) is 0 Å². The van der Waals surface area contributed by atoms with E-state index in [-0.39, 0.29) is 5.56 Å². The number of carbonyl (C=O) groups excluding carboxylic acids is 1.